The first-order valence-corrected chi connectivity index (χ1v) is 7.81. The fourth-order valence-corrected chi connectivity index (χ4v) is 3.67. The first-order valence-electron chi connectivity index (χ1n) is 7.81. The molecule has 0 spiro atoms. The average molecular weight is 304 g/mol. The number of aliphatic hydroxyl groups is 3. The van der Waals surface area contributed by atoms with Gasteiger partial charge in [0.15, 0.2) is 0 Å². The van der Waals surface area contributed by atoms with Crippen LogP contribution in [0.25, 0.3) is 10.9 Å². The van der Waals surface area contributed by atoms with E-state index >= 15 is 0 Å². The van der Waals surface area contributed by atoms with Crippen molar-refractivity contribution in [2.75, 3.05) is 6.61 Å². The van der Waals surface area contributed by atoms with Crippen molar-refractivity contribution in [3.8, 4) is 0 Å². The molecule has 5 nitrogen and oxygen atoms in total. The van der Waals surface area contributed by atoms with E-state index in [0.717, 1.165) is 16.5 Å². The highest BCUT2D eigenvalue weighted by atomic mass is 16.3. The molecule has 0 saturated carbocycles. The number of aliphatic hydroxyl groups excluding tert-OH is 3. The van der Waals surface area contributed by atoms with Gasteiger partial charge in [-0.1, -0.05) is 19.9 Å². The highest BCUT2D eigenvalue weighted by Crippen LogP contribution is 2.32. The van der Waals surface area contributed by atoms with Gasteiger partial charge in [-0.3, -0.25) is 4.90 Å². The zero-order chi connectivity index (χ0) is 15.9. The summed E-state index contributed by atoms with van der Waals surface area (Å²) in [5.41, 5.74) is 2.20. The summed E-state index contributed by atoms with van der Waals surface area (Å²) < 4.78 is 0. The first-order chi connectivity index (χ1) is 10.5. The van der Waals surface area contributed by atoms with Crippen molar-refractivity contribution >= 4 is 10.9 Å². The number of benzene rings is 1. The Morgan fingerprint density at radius 2 is 1.95 bits per heavy atom. The number of nitrogens with one attached hydrogen (secondary N) is 1. The zero-order valence-electron chi connectivity index (χ0n) is 13.0. The van der Waals surface area contributed by atoms with Crippen LogP contribution in [0.1, 0.15) is 19.4 Å². The molecule has 2 heterocycles. The molecule has 0 unspecified atom stereocenters. The van der Waals surface area contributed by atoms with Crippen LogP contribution in [0.5, 0.6) is 0 Å². The van der Waals surface area contributed by atoms with Gasteiger partial charge in [-0.15, -0.1) is 0 Å². The molecule has 120 valence electrons. The Hall–Kier alpha value is -1.40. The van der Waals surface area contributed by atoms with Gasteiger partial charge < -0.3 is 20.3 Å². The molecule has 1 aromatic heterocycles. The molecule has 1 aliphatic rings. The Kier molecular flexibility index (Phi) is 4.23. The summed E-state index contributed by atoms with van der Waals surface area (Å²) >= 11 is 0. The second-order valence-electron chi connectivity index (χ2n) is 6.54. The summed E-state index contributed by atoms with van der Waals surface area (Å²) in [5, 5.41) is 31.3. The summed E-state index contributed by atoms with van der Waals surface area (Å²) in [5.74, 6) is 0.192. The van der Waals surface area contributed by atoms with E-state index in [0.29, 0.717) is 6.54 Å². The summed E-state index contributed by atoms with van der Waals surface area (Å²) in [6, 6.07) is 7.62. The largest absolute Gasteiger partial charge is 0.395 e. The van der Waals surface area contributed by atoms with E-state index in [1.807, 2.05) is 43.1 Å². The van der Waals surface area contributed by atoms with Crippen LogP contribution in [-0.2, 0) is 6.54 Å². The SMILES string of the molecule is CC(C)[C@H]1[C@H](O)[C@H](O)[C@@H](CO)N1Cc1ccc2[nH]ccc2c1. The van der Waals surface area contributed by atoms with E-state index in [4.69, 9.17) is 0 Å². The summed E-state index contributed by atoms with van der Waals surface area (Å²) in [7, 11) is 0. The molecular weight excluding hydrogens is 280 g/mol. The van der Waals surface area contributed by atoms with Gasteiger partial charge in [0.2, 0.25) is 0 Å². The molecule has 2 aromatic rings. The van der Waals surface area contributed by atoms with Gasteiger partial charge in [-0.2, -0.15) is 0 Å². The van der Waals surface area contributed by atoms with Crippen molar-refractivity contribution < 1.29 is 15.3 Å². The van der Waals surface area contributed by atoms with Crippen molar-refractivity contribution in [3.63, 3.8) is 0 Å². The lowest BCUT2D eigenvalue weighted by atomic mass is 9.98. The maximum atomic E-state index is 10.3. The van der Waals surface area contributed by atoms with Crippen LogP contribution in [-0.4, -0.2) is 56.1 Å². The van der Waals surface area contributed by atoms with Crippen LogP contribution < -0.4 is 0 Å². The number of likely N-dealkylation sites (tertiary alicyclic amines) is 1. The highest BCUT2D eigenvalue weighted by Gasteiger charge is 2.48. The second-order valence-corrected chi connectivity index (χ2v) is 6.54. The fraction of sp³-hybridized carbons (Fsp3) is 0.529. The molecule has 0 amide bonds. The molecule has 0 radical (unpaired) electrons. The predicted molar refractivity (Wildman–Crippen MR) is 85.4 cm³/mol. The van der Waals surface area contributed by atoms with Gasteiger partial charge in [-0.25, -0.2) is 0 Å². The van der Waals surface area contributed by atoms with E-state index < -0.39 is 18.2 Å². The van der Waals surface area contributed by atoms with Gasteiger partial charge in [-0.05, 0) is 35.1 Å². The molecule has 1 fully saturated rings. The second kappa shape index (κ2) is 6.01. The highest BCUT2D eigenvalue weighted by molar-refractivity contribution is 5.79. The monoisotopic (exact) mass is 304 g/mol. The minimum absolute atomic E-state index is 0.158. The lowest BCUT2D eigenvalue weighted by Gasteiger charge is -2.32. The molecule has 4 atom stereocenters. The Morgan fingerprint density at radius 1 is 1.18 bits per heavy atom. The number of hydrogen-bond acceptors (Lipinski definition) is 4. The lowest BCUT2D eigenvalue weighted by molar-refractivity contribution is 0.0145. The van der Waals surface area contributed by atoms with Crippen LogP contribution in [0.4, 0.5) is 0 Å². The Balaban J connectivity index is 1.89. The van der Waals surface area contributed by atoms with Gasteiger partial charge in [0.1, 0.15) is 0 Å². The summed E-state index contributed by atoms with van der Waals surface area (Å²) in [6.45, 7) is 4.50. The number of aromatic nitrogens is 1. The summed E-state index contributed by atoms with van der Waals surface area (Å²) in [4.78, 5) is 5.20. The van der Waals surface area contributed by atoms with E-state index in [-0.39, 0.29) is 18.6 Å². The Morgan fingerprint density at radius 3 is 2.64 bits per heavy atom. The number of hydrogen-bond donors (Lipinski definition) is 4. The smallest absolute Gasteiger partial charge is 0.0991 e. The van der Waals surface area contributed by atoms with E-state index in [2.05, 4.69) is 11.1 Å². The van der Waals surface area contributed by atoms with Crippen molar-refractivity contribution in [1.82, 2.24) is 9.88 Å². The maximum absolute atomic E-state index is 10.3. The van der Waals surface area contributed by atoms with Crippen molar-refractivity contribution in [2.45, 2.75) is 44.7 Å². The molecule has 22 heavy (non-hydrogen) atoms. The molecule has 0 aliphatic carbocycles. The Bertz CT molecular complexity index is 640. The van der Waals surface area contributed by atoms with Crippen LogP contribution in [0, 0.1) is 5.92 Å². The first kappa shape index (κ1) is 15.5. The van der Waals surface area contributed by atoms with E-state index in [1.54, 1.807) is 0 Å². The number of nitrogens with zero attached hydrogens (tertiary/aromatic N) is 1. The van der Waals surface area contributed by atoms with Gasteiger partial charge in [0.25, 0.3) is 0 Å². The van der Waals surface area contributed by atoms with Crippen LogP contribution in [0.15, 0.2) is 30.5 Å². The molecular formula is C17H24N2O3. The molecule has 1 aliphatic heterocycles. The third kappa shape index (κ3) is 2.54. The van der Waals surface area contributed by atoms with E-state index in [1.165, 1.54) is 0 Å². The molecule has 5 heteroatoms. The maximum Gasteiger partial charge on any atom is 0.0991 e. The van der Waals surface area contributed by atoms with Crippen molar-refractivity contribution in [3.05, 3.63) is 36.0 Å². The van der Waals surface area contributed by atoms with Gasteiger partial charge in [0, 0.05) is 24.3 Å². The third-order valence-corrected chi connectivity index (χ3v) is 4.76. The number of rotatable bonds is 4. The molecule has 1 saturated heterocycles. The number of fused-ring (bicyclic) bond motifs is 1. The van der Waals surface area contributed by atoms with Crippen molar-refractivity contribution in [2.24, 2.45) is 5.92 Å². The third-order valence-electron chi connectivity index (χ3n) is 4.76. The lowest BCUT2D eigenvalue weighted by Crippen LogP contribution is -2.43. The molecule has 4 N–H and O–H groups in total. The predicted octanol–water partition coefficient (Wildman–Crippen LogP) is 1.09. The molecule has 3 rings (SSSR count). The van der Waals surface area contributed by atoms with Crippen LogP contribution in [0.2, 0.25) is 0 Å². The average Bonchev–Trinajstić information content (AvgIpc) is 3.02. The molecule has 1 aromatic carbocycles. The summed E-state index contributed by atoms with van der Waals surface area (Å²) in [6.07, 6.45) is 0.173. The van der Waals surface area contributed by atoms with Crippen LogP contribution >= 0.6 is 0 Å². The standard InChI is InChI=1S/C17H24N2O3/c1-10(2)15-17(22)16(21)14(9-20)19(15)8-11-3-4-13-12(7-11)5-6-18-13/h3-7,10,14-18,20-22H,8-9H2,1-2H3/t14-,15+,16-,17+/m1/s1. The molecule has 0 bridgehead atoms. The zero-order valence-corrected chi connectivity index (χ0v) is 13.0. The number of H-pyrrole nitrogens is 1. The van der Waals surface area contributed by atoms with Crippen LogP contribution in [0.3, 0.4) is 0 Å². The topological polar surface area (TPSA) is 79.7 Å². The normalized spacial score (nSPS) is 29.7. The van der Waals surface area contributed by atoms with Gasteiger partial charge >= 0.3 is 0 Å². The number of aromatic amines is 1. The minimum atomic E-state index is -0.909. The Labute approximate surface area is 130 Å². The van der Waals surface area contributed by atoms with Gasteiger partial charge in [0.05, 0.1) is 24.9 Å². The quantitative estimate of drug-likeness (QED) is 0.682. The minimum Gasteiger partial charge on any atom is -0.395 e. The van der Waals surface area contributed by atoms with Crippen molar-refractivity contribution in [1.29, 1.82) is 0 Å². The van der Waals surface area contributed by atoms with E-state index in [9.17, 15) is 15.3 Å². The fourth-order valence-electron chi connectivity index (χ4n) is 3.67.